The van der Waals surface area contributed by atoms with Crippen molar-refractivity contribution in [1.29, 1.82) is 0 Å². The van der Waals surface area contributed by atoms with Gasteiger partial charge in [0, 0.05) is 29.7 Å². The topological polar surface area (TPSA) is 49.0 Å². The molecule has 6 nitrogen and oxygen atoms in total. The van der Waals surface area contributed by atoms with E-state index in [9.17, 15) is 0 Å². The van der Waals surface area contributed by atoms with Crippen LogP contribution in [0.3, 0.4) is 0 Å². The second-order valence-corrected chi connectivity index (χ2v) is 11.5. The average Bonchev–Trinajstić information content (AvgIpc) is 2.72. The molecule has 0 saturated carbocycles. The Kier molecular flexibility index (Phi) is 8.51. The molecule has 0 atom stereocenters. The van der Waals surface area contributed by atoms with Gasteiger partial charge in [0.1, 0.15) is 0 Å². The number of benzene rings is 1. The number of methoxy groups -OCH3 is 2. The van der Waals surface area contributed by atoms with Gasteiger partial charge in [-0.25, -0.2) is 0 Å². The Morgan fingerprint density at radius 1 is 1.09 bits per heavy atom. The van der Waals surface area contributed by atoms with E-state index in [-0.39, 0.29) is 11.1 Å². The minimum absolute atomic E-state index is 0.0903. The first-order valence-corrected chi connectivity index (χ1v) is 12.7. The second-order valence-electron chi connectivity index (χ2n) is 11.1. The molecule has 2 heterocycles. The van der Waals surface area contributed by atoms with Crippen LogP contribution in [0.25, 0.3) is 0 Å². The molecule has 1 aromatic rings. The summed E-state index contributed by atoms with van der Waals surface area (Å²) in [5, 5.41) is 8.46. The molecule has 0 aromatic heterocycles. The van der Waals surface area contributed by atoms with E-state index in [2.05, 4.69) is 67.3 Å². The van der Waals surface area contributed by atoms with Gasteiger partial charge in [-0.3, -0.25) is 0 Å². The predicted molar refractivity (Wildman–Crippen MR) is 141 cm³/mol. The van der Waals surface area contributed by atoms with E-state index >= 15 is 0 Å². The first kappa shape index (κ1) is 26.0. The fourth-order valence-electron chi connectivity index (χ4n) is 5.72. The number of hydrogen-bond acceptors (Lipinski definition) is 5. The highest BCUT2D eigenvalue weighted by molar-refractivity contribution is 7.80. The lowest BCUT2D eigenvalue weighted by Crippen LogP contribution is -2.63. The summed E-state index contributed by atoms with van der Waals surface area (Å²) in [6.07, 6.45) is 5.33. The van der Waals surface area contributed by atoms with Gasteiger partial charge >= 0.3 is 0 Å². The molecule has 2 aliphatic heterocycles. The van der Waals surface area contributed by atoms with Crippen molar-refractivity contribution in [2.75, 3.05) is 40.9 Å². The summed E-state index contributed by atoms with van der Waals surface area (Å²) in [5.41, 5.74) is 1.41. The third-order valence-electron chi connectivity index (χ3n) is 7.00. The molecule has 0 radical (unpaired) electrons. The Bertz CT molecular complexity index is 789. The van der Waals surface area contributed by atoms with Crippen LogP contribution in [-0.2, 0) is 6.42 Å². The maximum Gasteiger partial charge on any atom is 0.169 e. The maximum atomic E-state index is 6.06. The Labute approximate surface area is 206 Å². The van der Waals surface area contributed by atoms with Crippen LogP contribution < -0.4 is 20.1 Å². The van der Waals surface area contributed by atoms with Crippen LogP contribution in [0.2, 0.25) is 0 Å². The fraction of sp³-hybridized carbons (Fsp3) is 0.731. The minimum Gasteiger partial charge on any atom is -0.493 e. The summed E-state index contributed by atoms with van der Waals surface area (Å²) >= 11 is 6.06. The van der Waals surface area contributed by atoms with Gasteiger partial charge in [-0.1, -0.05) is 6.07 Å². The molecule has 0 aliphatic carbocycles. The van der Waals surface area contributed by atoms with Crippen LogP contribution >= 0.6 is 12.2 Å². The zero-order valence-electron chi connectivity index (χ0n) is 21.7. The average molecular weight is 477 g/mol. The summed E-state index contributed by atoms with van der Waals surface area (Å²) in [6.45, 7) is 12.3. The number of hydrogen-bond donors (Lipinski definition) is 2. The molecule has 0 spiro atoms. The number of likely N-dealkylation sites (tertiary alicyclic amines) is 1. The number of thiocarbonyl (C=S) groups is 1. The molecule has 2 fully saturated rings. The Hall–Kier alpha value is -1.57. The molecule has 0 bridgehead atoms. The highest BCUT2D eigenvalue weighted by Gasteiger charge is 2.38. The van der Waals surface area contributed by atoms with Crippen LogP contribution in [0.5, 0.6) is 11.5 Å². The Morgan fingerprint density at radius 3 is 2.27 bits per heavy atom. The fourth-order valence-corrected chi connectivity index (χ4v) is 6.13. The van der Waals surface area contributed by atoms with E-state index in [1.165, 1.54) is 5.56 Å². The monoisotopic (exact) mass is 476 g/mol. The molecule has 1 aromatic carbocycles. The number of piperidine rings is 2. The van der Waals surface area contributed by atoms with Crippen molar-refractivity contribution in [2.45, 2.75) is 83.0 Å². The van der Waals surface area contributed by atoms with Crippen LogP contribution in [-0.4, -0.2) is 79.0 Å². The molecule has 2 saturated heterocycles. The first-order valence-electron chi connectivity index (χ1n) is 12.3. The van der Waals surface area contributed by atoms with E-state index in [1.807, 2.05) is 6.07 Å². The zero-order chi connectivity index (χ0) is 24.2. The van der Waals surface area contributed by atoms with E-state index in [4.69, 9.17) is 21.7 Å². The van der Waals surface area contributed by atoms with Crippen molar-refractivity contribution in [3.8, 4) is 11.5 Å². The van der Waals surface area contributed by atoms with Gasteiger partial charge in [0.25, 0.3) is 0 Å². The number of ether oxygens (including phenoxy) is 2. The van der Waals surface area contributed by atoms with Gasteiger partial charge < -0.3 is 29.9 Å². The molecule has 7 heteroatoms. The van der Waals surface area contributed by atoms with E-state index in [0.29, 0.717) is 12.1 Å². The van der Waals surface area contributed by atoms with E-state index in [1.54, 1.807) is 14.2 Å². The van der Waals surface area contributed by atoms with E-state index in [0.717, 1.165) is 68.3 Å². The summed E-state index contributed by atoms with van der Waals surface area (Å²) in [5.74, 6) is 1.54. The lowest BCUT2D eigenvalue weighted by Gasteiger charge is -2.48. The molecule has 186 valence electrons. The second kappa shape index (κ2) is 10.8. The smallest absolute Gasteiger partial charge is 0.169 e. The molecule has 3 rings (SSSR count). The summed E-state index contributed by atoms with van der Waals surface area (Å²) in [6, 6.07) is 7.05. The summed E-state index contributed by atoms with van der Waals surface area (Å²) < 4.78 is 10.9. The van der Waals surface area contributed by atoms with Crippen LogP contribution in [0.15, 0.2) is 18.2 Å². The molecular formula is C26H44N4O2S. The molecule has 0 unspecified atom stereocenters. The SMILES string of the molecule is COc1ccc(CCN(C(=S)NC2CC(C)(C)NC(C)(C)C2)C2CCN(C)CC2)cc1OC. The van der Waals surface area contributed by atoms with Crippen LogP contribution in [0.4, 0.5) is 0 Å². The molecule has 2 N–H and O–H groups in total. The van der Waals surface area contributed by atoms with Crippen LogP contribution in [0, 0.1) is 0 Å². The summed E-state index contributed by atoms with van der Waals surface area (Å²) in [7, 11) is 5.57. The number of nitrogens with zero attached hydrogens (tertiary/aromatic N) is 2. The number of nitrogens with one attached hydrogen (secondary N) is 2. The molecule has 0 amide bonds. The Balaban J connectivity index is 1.72. The standard InChI is InChI=1S/C26H44N4O2S/c1-25(2)17-20(18-26(3,4)28-25)27-24(33)30(21-11-13-29(5)14-12-21)15-10-19-8-9-22(31-6)23(16-19)32-7/h8-9,16,20-21,28H,10-15,17-18H2,1-7H3,(H,27,33). The van der Waals surface area contributed by atoms with Crippen molar-refractivity contribution >= 4 is 17.3 Å². The van der Waals surface area contributed by atoms with Gasteiger partial charge in [0.15, 0.2) is 16.6 Å². The predicted octanol–water partition coefficient (Wildman–Crippen LogP) is 3.83. The third-order valence-corrected chi connectivity index (χ3v) is 7.35. The largest absolute Gasteiger partial charge is 0.493 e. The van der Waals surface area contributed by atoms with Crippen LogP contribution in [0.1, 0.15) is 58.9 Å². The minimum atomic E-state index is 0.0903. The molecule has 33 heavy (non-hydrogen) atoms. The lowest BCUT2D eigenvalue weighted by molar-refractivity contribution is 0.147. The van der Waals surface area contributed by atoms with E-state index < -0.39 is 0 Å². The van der Waals surface area contributed by atoms with Gasteiger partial charge in [0.05, 0.1) is 14.2 Å². The normalized spacial score (nSPS) is 21.4. The van der Waals surface area contributed by atoms with Crippen molar-refractivity contribution in [2.24, 2.45) is 0 Å². The van der Waals surface area contributed by atoms with Gasteiger partial charge in [-0.15, -0.1) is 0 Å². The molecular weight excluding hydrogens is 432 g/mol. The van der Waals surface area contributed by atoms with Gasteiger partial charge in [-0.2, -0.15) is 0 Å². The lowest BCUT2D eigenvalue weighted by atomic mass is 9.80. The van der Waals surface area contributed by atoms with Gasteiger partial charge in [-0.05, 0) is 110 Å². The zero-order valence-corrected chi connectivity index (χ0v) is 22.5. The number of rotatable bonds is 7. The third kappa shape index (κ3) is 7.20. The first-order chi connectivity index (χ1) is 15.5. The highest BCUT2D eigenvalue weighted by Crippen LogP contribution is 2.30. The van der Waals surface area contributed by atoms with Crippen molar-refractivity contribution in [1.82, 2.24) is 20.4 Å². The van der Waals surface area contributed by atoms with Gasteiger partial charge in [0.2, 0.25) is 0 Å². The van der Waals surface area contributed by atoms with Crippen molar-refractivity contribution < 1.29 is 9.47 Å². The quantitative estimate of drug-likeness (QED) is 0.580. The van der Waals surface area contributed by atoms with Crippen molar-refractivity contribution in [3.63, 3.8) is 0 Å². The Morgan fingerprint density at radius 2 is 1.70 bits per heavy atom. The van der Waals surface area contributed by atoms with Crippen molar-refractivity contribution in [3.05, 3.63) is 23.8 Å². The highest BCUT2D eigenvalue weighted by atomic mass is 32.1. The molecule has 2 aliphatic rings. The maximum absolute atomic E-state index is 6.06. The summed E-state index contributed by atoms with van der Waals surface area (Å²) in [4.78, 5) is 4.87.